The minimum Gasteiger partial charge on any atom is -0.466 e. The van der Waals surface area contributed by atoms with Crippen molar-refractivity contribution in [3.63, 3.8) is 0 Å². The first kappa shape index (κ1) is 18.5. The largest absolute Gasteiger partial charge is 0.466 e. The van der Waals surface area contributed by atoms with Gasteiger partial charge in [0.25, 0.3) is 0 Å². The molecule has 1 aromatic rings. The molecule has 7 nitrogen and oxygen atoms in total. The van der Waals surface area contributed by atoms with Gasteiger partial charge in [0.1, 0.15) is 5.82 Å². The Labute approximate surface area is 149 Å². The molecule has 8 heteroatoms. The van der Waals surface area contributed by atoms with Gasteiger partial charge in [0.05, 0.1) is 25.4 Å². The van der Waals surface area contributed by atoms with Gasteiger partial charge in [-0.05, 0) is 24.3 Å². The number of carbonyl (C=O) groups is 3. The van der Waals surface area contributed by atoms with Gasteiger partial charge in [-0.15, -0.1) is 0 Å². The molecule has 1 heterocycles. The molecule has 0 bridgehead atoms. The summed E-state index contributed by atoms with van der Waals surface area (Å²) in [6, 6.07) is 6.20. The summed E-state index contributed by atoms with van der Waals surface area (Å²) in [7, 11) is 2.34. The van der Waals surface area contributed by atoms with E-state index >= 15 is 0 Å². The van der Waals surface area contributed by atoms with Crippen molar-refractivity contribution in [2.24, 2.45) is 0 Å². The molecule has 1 aliphatic rings. The minimum absolute atomic E-state index is 0.00271. The van der Waals surface area contributed by atoms with Crippen LogP contribution in [-0.4, -0.2) is 45.0 Å². The highest BCUT2D eigenvalue weighted by molar-refractivity contribution is 6.30. The standard InChI is InChI=1S/C17H17ClN2O5/c1-24-13(21)9-12(17(23)25-2)14(16-19-7-8-20-16)15(22)10-3-5-11(18)6-4-10/h3-6,9,19-20H,7-8H2,1-2H3/b12-9-. The number of ketones is 1. The van der Waals surface area contributed by atoms with Crippen LogP contribution in [0.2, 0.25) is 5.02 Å². The second kappa shape index (κ2) is 8.34. The lowest BCUT2D eigenvalue weighted by atomic mass is 9.96. The van der Waals surface area contributed by atoms with Crippen LogP contribution in [0.4, 0.5) is 0 Å². The van der Waals surface area contributed by atoms with Crippen LogP contribution in [0.3, 0.4) is 0 Å². The summed E-state index contributed by atoms with van der Waals surface area (Å²) in [5.74, 6) is -1.72. The monoisotopic (exact) mass is 364 g/mol. The van der Waals surface area contributed by atoms with E-state index in [-0.39, 0.29) is 11.1 Å². The number of methoxy groups -OCH3 is 2. The minimum atomic E-state index is -0.828. The zero-order chi connectivity index (χ0) is 18.4. The highest BCUT2D eigenvalue weighted by atomic mass is 35.5. The number of esters is 2. The molecule has 0 unspecified atom stereocenters. The number of carbonyl (C=O) groups excluding carboxylic acids is 3. The van der Waals surface area contributed by atoms with Crippen LogP contribution in [-0.2, 0) is 19.1 Å². The van der Waals surface area contributed by atoms with Gasteiger partial charge < -0.3 is 20.1 Å². The topological polar surface area (TPSA) is 93.7 Å². The van der Waals surface area contributed by atoms with Crippen LogP contribution < -0.4 is 10.6 Å². The lowest BCUT2D eigenvalue weighted by Gasteiger charge is -2.13. The maximum Gasteiger partial charge on any atom is 0.339 e. The maximum absolute atomic E-state index is 13.0. The molecule has 0 aromatic heterocycles. The summed E-state index contributed by atoms with van der Waals surface area (Å²) < 4.78 is 9.30. The van der Waals surface area contributed by atoms with Crippen LogP contribution in [0.15, 0.2) is 47.3 Å². The summed E-state index contributed by atoms with van der Waals surface area (Å²) in [4.78, 5) is 36.9. The molecular weight excluding hydrogens is 348 g/mol. The number of halogens is 1. The Morgan fingerprint density at radius 3 is 2.16 bits per heavy atom. The second-order valence-corrected chi connectivity index (χ2v) is 5.45. The number of ether oxygens (including phenoxy) is 2. The fourth-order valence-electron chi connectivity index (χ4n) is 2.25. The van der Waals surface area contributed by atoms with E-state index in [1.165, 1.54) is 19.2 Å². The molecule has 1 saturated heterocycles. The van der Waals surface area contributed by atoms with Crippen molar-refractivity contribution in [3.05, 3.63) is 57.9 Å². The van der Waals surface area contributed by atoms with Gasteiger partial charge >= 0.3 is 11.9 Å². The summed E-state index contributed by atoms with van der Waals surface area (Å²) >= 11 is 5.85. The van der Waals surface area contributed by atoms with E-state index in [9.17, 15) is 14.4 Å². The van der Waals surface area contributed by atoms with Crippen molar-refractivity contribution in [3.8, 4) is 0 Å². The van der Waals surface area contributed by atoms with Gasteiger partial charge in [-0.3, -0.25) is 4.79 Å². The third kappa shape index (κ3) is 4.39. The Kier molecular flexibility index (Phi) is 6.19. The van der Waals surface area contributed by atoms with E-state index < -0.39 is 17.7 Å². The molecule has 0 spiro atoms. The molecule has 1 fully saturated rings. The predicted octanol–water partition coefficient (Wildman–Crippen LogP) is 1.20. The van der Waals surface area contributed by atoms with Crippen LogP contribution in [0, 0.1) is 0 Å². The van der Waals surface area contributed by atoms with E-state index in [4.69, 9.17) is 16.3 Å². The molecule has 0 amide bonds. The molecule has 0 saturated carbocycles. The molecule has 0 radical (unpaired) electrons. The van der Waals surface area contributed by atoms with Crippen molar-refractivity contribution >= 4 is 29.3 Å². The highest BCUT2D eigenvalue weighted by Gasteiger charge is 2.29. The number of Topliss-reactive ketones (excluding diaryl/α,β-unsaturated/α-hetero) is 1. The first-order chi connectivity index (χ1) is 12.0. The Bertz CT molecular complexity index is 745. The normalized spacial score (nSPS) is 13.6. The van der Waals surface area contributed by atoms with Gasteiger partial charge in [-0.25, -0.2) is 9.59 Å². The number of hydrogen-bond donors (Lipinski definition) is 2. The molecule has 1 aromatic carbocycles. The maximum atomic E-state index is 13.0. The van der Waals surface area contributed by atoms with Gasteiger partial charge in [-0.2, -0.15) is 0 Å². The fraction of sp³-hybridized carbons (Fsp3) is 0.235. The van der Waals surface area contributed by atoms with Gasteiger partial charge in [0.2, 0.25) is 0 Å². The third-order valence-electron chi connectivity index (χ3n) is 3.45. The Hall–Kier alpha value is -2.80. The summed E-state index contributed by atoms with van der Waals surface area (Å²) in [6.45, 7) is 1.14. The lowest BCUT2D eigenvalue weighted by Crippen LogP contribution is -2.24. The zero-order valence-electron chi connectivity index (χ0n) is 13.7. The summed E-state index contributed by atoms with van der Waals surface area (Å²) in [5.41, 5.74) is 0.102. The molecule has 2 rings (SSSR count). The smallest absolute Gasteiger partial charge is 0.339 e. The van der Waals surface area contributed by atoms with E-state index in [0.717, 1.165) is 13.2 Å². The zero-order valence-corrected chi connectivity index (χ0v) is 14.5. The van der Waals surface area contributed by atoms with Crippen LogP contribution in [0.25, 0.3) is 0 Å². The first-order valence-corrected chi connectivity index (χ1v) is 7.76. The third-order valence-corrected chi connectivity index (χ3v) is 3.70. The second-order valence-electron chi connectivity index (χ2n) is 5.01. The van der Waals surface area contributed by atoms with Crippen molar-refractivity contribution in [1.82, 2.24) is 10.6 Å². The van der Waals surface area contributed by atoms with Gasteiger partial charge in [0, 0.05) is 29.8 Å². The number of nitrogens with one attached hydrogen (secondary N) is 2. The number of benzene rings is 1. The van der Waals surface area contributed by atoms with E-state index in [1.807, 2.05) is 0 Å². The van der Waals surface area contributed by atoms with Gasteiger partial charge in [0.15, 0.2) is 5.78 Å². The van der Waals surface area contributed by atoms with Crippen molar-refractivity contribution in [1.29, 1.82) is 0 Å². The van der Waals surface area contributed by atoms with Crippen LogP contribution in [0.5, 0.6) is 0 Å². The molecule has 0 atom stereocenters. The molecular formula is C17H17ClN2O5. The first-order valence-electron chi connectivity index (χ1n) is 7.38. The Morgan fingerprint density at radius 2 is 1.64 bits per heavy atom. The van der Waals surface area contributed by atoms with Crippen LogP contribution in [0.1, 0.15) is 10.4 Å². The molecule has 0 aliphatic carbocycles. The Balaban J connectivity index is 2.58. The van der Waals surface area contributed by atoms with E-state index in [1.54, 1.807) is 12.1 Å². The summed E-state index contributed by atoms with van der Waals surface area (Å²) in [6.07, 6.45) is 0.934. The van der Waals surface area contributed by atoms with Crippen LogP contribution >= 0.6 is 11.6 Å². The average Bonchev–Trinajstić information content (AvgIpc) is 3.14. The molecule has 132 valence electrons. The quantitative estimate of drug-likeness (QED) is 0.460. The molecule has 1 aliphatic heterocycles. The van der Waals surface area contributed by atoms with Crippen molar-refractivity contribution < 1.29 is 23.9 Å². The van der Waals surface area contributed by atoms with Crippen molar-refractivity contribution in [2.45, 2.75) is 0 Å². The average molecular weight is 365 g/mol. The molecule has 2 N–H and O–H groups in total. The summed E-state index contributed by atoms with van der Waals surface area (Å²) in [5, 5.41) is 6.45. The predicted molar refractivity (Wildman–Crippen MR) is 90.9 cm³/mol. The number of rotatable bonds is 5. The highest BCUT2D eigenvalue weighted by Crippen LogP contribution is 2.22. The Morgan fingerprint density at radius 1 is 1.04 bits per heavy atom. The number of hydrogen-bond acceptors (Lipinski definition) is 7. The van der Waals surface area contributed by atoms with E-state index in [0.29, 0.717) is 29.5 Å². The van der Waals surface area contributed by atoms with E-state index in [2.05, 4.69) is 15.4 Å². The van der Waals surface area contributed by atoms with Gasteiger partial charge in [-0.1, -0.05) is 11.6 Å². The fourth-order valence-corrected chi connectivity index (χ4v) is 2.38. The SMILES string of the molecule is COC(=O)/C=C(\C(=O)OC)C(C(=O)c1ccc(Cl)cc1)=C1NCCN1. The lowest BCUT2D eigenvalue weighted by molar-refractivity contribution is -0.138. The van der Waals surface area contributed by atoms with Crippen molar-refractivity contribution in [2.75, 3.05) is 27.3 Å². The molecule has 25 heavy (non-hydrogen) atoms.